The van der Waals surface area contributed by atoms with Crippen LogP contribution in [0.5, 0.6) is 0 Å². The fourth-order valence-corrected chi connectivity index (χ4v) is 1.63. The van der Waals surface area contributed by atoms with E-state index in [1.54, 1.807) is 0 Å². The predicted molar refractivity (Wildman–Crippen MR) is 49.2 cm³/mol. The van der Waals surface area contributed by atoms with Gasteiger partial charge in [-0.05, 0) is 19.4 Å². The van der Waals surface area contributed by atoms with Crippen molar-refractivity contribution in [1.82, 2.24) is 20.2 Å². The molecule has 1 fully saturated rings. The molecule has 1 aromatic heterocycles. The topological polar surface area (TPSA) is 94.8 Å². The number of hydrogen-bond acceptors (Lipinski definition) is 5. The van der Waals surface area contributed by atoms with Crippen LogP contribution in [0, 0.1) is 0 Å². The van der Waals surface area contributed by atoms with E-state index in [-0.39, 0.29) is 12.0 Å². The van der Waals surface area contributed by atoms with Crippen molar-refractivity contribution in [1.29, 1.82) is 0 Å². The Morgan fingerprint density at radius 1 is 1.38 bits per heavy atom. The Labute approximate surface area is 76.3 Å². The van der Waals surface area contributed by atoms with Gasteiger partial charge in [-0.25, -0.2) is 4.68 Å². The smallest absolute Gasteiger partial charge is 0.240 e. The van der Waals surface area contributed by atoms with E-state index >= 15 is 0 Å². The minimum Gasteiger partial charge on any atom is -0.366 e. The molecule has 13 heavy (non-hydrogen) atoms. The first-order valence-corrected chi connectivity index (χ1v) is 4.48. The van der Waals surface area contributed by atoms with Crippen molar-refractivity contribution in [3.63, 3.8) is 0 Å². The van der Waals surface area contributed by atoms with E-state index in [0.717, 1.165) is 18.8 Å². The lowest BCUT2D eigenvalue weighted by Gasteiger charge is -2.21. The number of anilines is 1. The van der Waals surface area contributed by atoms with E-state index in [1.807, 2.05) is 0 Å². The molecular weight excluding hydrogens is 168 g/mol. The number of hydrogen-bond donors (Lipinski definition) is 3. The van der Waals surface area contributed by atoms with Crippen LogP contribution in [0.1, 0.15) is 31.1 Å². The number of nitrogens with two attached hydrogens (primary N) is 2. The van der Waals surface area contributed by atoms with Crippen molar-refractivity contribution in [2.45, 2.75) is 25.3 Å². The van der Waals surface area contributed by atoms with Gasteiger partial charge in [0.2, 0.25) is 5.95 Å². The molecule has 6 nitrogen and oxygen atoms in total. The molecule has 0 aromatic carbocycles. The van der Waals surface area contributed by atoms with Gasteiger partial charge in [-0.15, -0.1) is 10.2 Å². The SMILES string of the molecule is Nc1nnc([C@@H]2CCCCN2)n1N. The first-order chi connectivity index (χ1) is 6.29. The molecule has 1 saturated heterocycles. The van der Waals surface area contributed by atoms with E-state index in [4.69, 9.17) is 11.6 Å². The largest absolute Gasteiger partial charge is 0.366 e. The molecule has 0 bridgehead atoms. The van der Waals surface area contributed by atoms with E-state index in [1.165, 1.54) is 17.5 Å². The molecule has 1 aromatic rings. The number of nitrogens with one attached hydrogen (secondary N) is 1. The van der Waals surface area contributed by atoms with Gasteiger partial charge in [0.15, 0.2) is 5.82 Å². The zero-order chi connectivity index (χ0) is 9.26. The van der Waals surface area contributed by atoms with Gasteiger partial charge < -0.3 is 16.9 Å². The Kier molecular flexibility index (Phi) is 2.05. The summed E-state index contributed by atoms with van der Waals surface area (Å²) in [5.74, 6) is 6.66. The van der Waals surface area contributed by atoms with Gasteiger partial charge in [0.25, 0.3) is 0 Å². The van der Waals surface area contributed by atoms with Crippen molar-refractivity contribution >= 4 is 5.95 Å². The highest BCUT2D eigenvalue weighted by molar-refractivity contribution is 5.18. The van der Waals surface area contributed by atoms with Gasteiger partial charge in [-0.1, -0.05) is 6.42 Å². The van der Waals surface area contributed by atoms with E-state index in [9.17, 15) is 0 Å². The maximum absolute atomic E-state index is 5.66. The van der Waals surface area contributed by atoms with Gasteiger partial charge >= 0.3 is 0 Å². The van der Waals surface area contributed by atoms with Crippen LogP contribution < -0.4 is 16.9 Å². The van der Waals surface area contributed by atoms with Crippen LogP contribution in [0.25, 0.3) is 0 Å². The van der Waals surface area contributed by atoms with Gasteiger partial charge in [-0.2, -0.15) is 0 Å². The molecule has 72 valence electrons. The molecule has 2 rings (SSSR count). The molecule has 0 aliphatic carbocycles. The summed E-state index contributed by atoms with van der Waals surface area (Å²) in [6.45, 7) is 1.01. The maximum Gasteiger partial charge on any atom is 0.240 e. The van der Waals surface area contributed by atoms with E-state index < -0.39 is 0 Å². The third-order valence-electron chi connectivity index (χ3n) is 2.37. The number of aromatic nitrogens is 3. The zero-order valence-electron chi connectivity index (χ0n) is 7.40. The number of piperidine rings is 1. The zero-order valence-corrected chi connectivity index (χ0v) is 7.40. The summed E-state index contributed by atoms with van der Waals surface area (Å²) in [5.41, 5.74) is 5.48. The normalized spacial score (nSPS) is 23.2. The first-order valence-electron chi connectivity index (χ1n) is 4.48. The minimum atomic E-state index is 0.212. The molecular formula is C7H14N6. The molecule has 0 amide bonds. The average molecular weight is 182 g/mol. The molecule has 6 heteroatoms. The fraction of sp³-hybridized carbons (Fsp3) is 0.714. The van der Waals surface area contributed by atoms with Crippen molar-refractivity contribution < 1.29 is 0 Å². The Balaban J connectivity index is 2.18. The lowest BCUT2D eigenvalue weighted by atomic mass is 10.0. The van der Waals surface area contributed by atoms with Crippen LogP contribution >= 0.6 is 0 Å². The highest BCUT2D eigenvalue weighted by atomic mass is 15.5. The summed E-state index contributed by atoms with van der Waals surface area (Å²) in [5, 5.41) is 11.0. The molecule has 0 radical (unpaired) electrons. The minimum absolute atomic E-state index is 0.212. The monoisotopic (exact) mass is 182 g/mol. The van der Waals surface area contributed by atoms with Gasteiger partial charge in [0.1, 0.15) is 0 Å². The van der Waals surface area contributed by atoms with Crippen molar-refractivity contribution in [2.75, 3.05) is 18.1 Å². The molecule has 0 spiro atoms. The molecule has 5 N–H and O–H groups in total. The number of nitrogens with zero attached hydrogens (tertiary/aromatic N) is 3. The van der Waals surface area contributed by atoms with Crippen LogP contribution in [0.15, 0.2) is 0 Å². The standard InChI is InChI=1S/C7H14N6/c8-7-12-11-6(13(7)9)5-3-1-2-4-10-5/h5,10H,1-4,9H2,(H2,8,12)/t5-/m0/s1. The Bertz CT molecular complexity index is 287. The molecule has 1 aliphatic heterocycles. The van der Waals surface area contributed by atoms with Crippen LogP contribution in [0.2, 0.25) is 0 Å². The average Bonchev–Trinajstić information content (AvgIpc) is 2.49. The summed E-state index contributed by atoms with van der Waals surface area (Å²) in [6.07, 6.45) is 3.46. The van der Waals surface area contributed by atoms with Crippen LogP contribution in [-0.4, -0.2) is 21.4 Å². The molecule has 0 saturated carbocycles. The van der Waals surface area contributed by atoms with Crippen LogP contribution in [-0.2, 0) is 0 Å². The molecule has 1 aliphatic rings. The molecule has 2 heterocycles. The van der Waals surface area contributed by atoms with Crippen LogP contribution in [0.3, 0.4) is 0 Å². The second-order valence-corrected chi connectivity index (χ2v) is 3.29. The lowest BCUT2D eigenvalue weighted by Crippen LogP contribution is -2.31. The Hall–Kier alpha value is -1.30. The summed E-state index contributed by atoms with van der Waals surface area (Å²) in [6, 6.07) is 0.212. The second kappa shape index (κ2) is 3.21. The number of rotatable bonds is 1. The fourth-order valence-electron chi connectivity index (χ4n) is 1.63. The highest BCUT2D eigenvalue weighted by Gasteiger charge is 2.20. The predicted octanol–water partition coefficient (Wildman–Crippen LogP) is -0.611. The number of nitrogen functional groups attached to an aromatic ring is 2. The maximum atomic E-state index is 5.66. The third kappa shape index (κ3) is 1.44. The summed E-state index contributed by atoms with van der Waals surface area (Å²) >= 11 is 0. The van der Waals surface area contributed by atoms with Crippen molar-refractivity contribution in [2.24, 2.45) is 0 Å². The lowest BCUT2D eigenvalue weighted by molar-refractivity contribution is 0.392. The summed E-state index contributed by atoms with van der Waals surface area (Å²) in [7, 11) is 0. The van der Waals surface area contributed by atoms with Gasteiger partial charge in [-0.3, -0.25) is 0 Å². The highest BCUT2D eigenvalue weighted by Crippen LogP contribution is 2.20. The van der Waals surface area contributed by atoms with Crippen molar-refractivity contribution in [3.05, 3.63) is 5.82 Å². The van der Waals surface area contributed by atoms with E-state index in [2.05, 4.69) is 15.5 Å². The Morgan fingerprint density at radius 3 is 2.77 bits per heavy atom. The molecule has 1 atom stereocenters. The van der Waals surface area contributed by atoms with Crippen LogP contribution in [0.4, 0.5) is 5.95 Å². The third-order valence-corrected chi connectivity index (χ3v) is 2.37. The van der Waals surface area contributed by atoms with Gasteiger partial charge in [0, 0.05) is 0 Å². The second-order valence-electron chi connectivity index (χ2n) is 3.29. The quantitative estimate of drug-likeness (QED) is 0.503. The summed E-state index contributed by atoms with van der Waals surface area (Å²) < 4.78 is 1.35. The van der Waals surface area contributed by atoms with Gasteiger partial charge in [0.05, 0.1) is 6.04 Å². The van der Waals surface area contributed by atoms with Crippen molar-refractivity contribution in [3.8, 4) is 0 Å². The Morgan fingerprint density at radius 2 is 2.23 bits per heavy atom. The first kappa shape index (κ1) is 8.31. The summed E-state index contributed by atoms with van der Waals surface area (Å²) in [4.78, 5) is 0. The molecule has 0 unspecified atom stereocenters. The van der Waals surface area contributed by atoms with E-state index in [0.29, 0.717) is 0 Å².